The van der Waals surface area contributed by atoms with E-state index >= 15 is 4.39 Å². The second kappa shape index (κ2) is 13.6. The average Bonchev–Trinajstić information content (AvgIpc) is 2.99. The smallest absolute Gasteiger partial charge is 0.256 e. The van der Waals surface area contributed by atoms with Gasteiger partial charge in [-0.2, -0.15) is 0 Å². The van der Waals surface area contributed by atoms with Gasteiger partial charge in [-0.3, -0.25) is 14.5 Å². The van der Waals surface area contributed by atoms with Gasteiger partial charge in [0.25, 0.3) is 5.91 Å². The Kier molecular flexibility index (Phi) is 9.85. The first-order chi connectivity index (χ1) is 20.4. The molecule has 0 aromatic rings. The minimum absolute atomic E-state index is 0.0135. The van der Waals surface area contributed by atoms with E-state index in [4.69, 9.17) is 9.47 Å². The summed E-state index contributed by atoms with van der Waals surface area (Å²) in [6.07, 6.45) is 9.27. The maximum Gasteiger partial charge on any atom is 0.256 e. The van der Waals surface area contributed by atoms with E-state index in [1.165, 1.54) is 19.3 Å². The number of nitrogens with zero attached hydrogens (tertiary/aromatic N) is 3. The lowest BCUT2D eigenvalue weighted by Crippen LogP contribution is -2.74. The van der Waals surface area contributed by atoms with Gasteiger partial charge in [0.2, 0.25) is 0 Å². The fourth-order valence-electron chi connectivity index (χ4n) is 8.83. The summed E-state index contributed by atoms with van der Waals surface area (Å²) in [5, 5.41) is 6.55. The SMILES string of the molecule is CN(C)CCCCNC(=O)C1=CN2C3CCC4CCCCC4C3OC3C(NCCN4CCOCC4)C(F)CC(C1=O)C32. The number of amides is 1. The van der Waals surface area contributed by atoms with E-state index in [-0.39, 0.29) is 41.9 Å². The molecule has 9 unspecified atom stereocenters. The maximum absolute atomic E-state index is 16.1. The number of nitrogens with one attached hydrogen (secondary N) is 2. The molecular weight excluding hydrogens is 537 g/mol. The molecule has 3 aliphatic carbocycles. The van der Waals surface area contributed by atoms with Crippen LogP contribution in [-0.4, -0.2) is 129 Å². The summed E-state index contributed by atoms with van der Waals surface area (Å²) in [5.74, 6) is 0.0353. The summed E-state index contributed by atoms with van der Waals surface area (Å²) in [5.41, 5.74) is 0.208. The standard InChI is InChI=1S/C32H52FN5O4/c1-36(2)13-6-5-11-35-32(40)24-20-38-26-10-9-21-7-3-4-8-22(21)30(26)42-31-27(25(33)19-23(28(31)38)29(24)39)34-12-14-37-15-17-41-18-16-37/h20-23,25-28,30-31,34H,3-19H2,1-2H3,(H,35,40). The van der Waals surface area contributed by atoms with Gasteiger partial charge in [-0.1, -0.05) is 19.3 Å². The summed E-state index contributed by atoms with van der Waals surface area (Å²) in [6.45, 7) is 6.29. The van der Waals surface area contributed by atoms with Crippen molar-refractivity contribution < 1.29 is 23.5 Å². The molecule has 0 aromatic carbocycles. The predicted octanol–water partition coefficient (Wildman–Crippen LogP) is 1.97. The summed E-state index contributed by atoms with van der Waals surface area (Å²) >= 11 is 0. The second-order valence-electron chi connectivity index (χ2n) is 13.8. The summed E-state index contributed by atoms with van der Waals surface area (Å²) in [6, 6.07) is -0.564. The third-order valence-corrected chi connectivity index (χ3v) is 11.0. The Morgan fingerprint density at radius 3 is 2.69 bits per heavy atom. The van der Waals surface area contributed by atoms with Gasteiger partial charge in [0.1, 0.15) is 6.17 Å². The number of ether oxygens (including phenoxy) is 2. The lowest BCUT2D eigenvalue weighted by Gasteiger charge is -2.61. The number of Topliss-reactive ketones (excluding diaryl/α,β-unsaturated/α-hetero) is 1. The van der Waals surface area contributed by atoms with Gasteiger partial charge in [0.15, 0.2) is 5.78 Å². The molecule has 3 saturated carbocycles. The Balaban J connectivity index is 1.22. The Hall–Kier alpha value is -1.59. The van der Waals surface area contributed by atoms with Crippen LogP contribution in [0.25, 0.3) is 0 Å². The molecule has 236 valence electrons. The van der Waals surface area contributed by atoms with Gasteiger partial charge in [0.05, 0.1) is 49.1 Å². The Labute approximate surface area is 250 Å². The zero-order valence-corrected chi connectivity index (χ0v) is 25.6. The molecule has 42 heavy (non-hydrogen) atoms. The zero-order valence-electron chi connectivity index (χ0n) is 25.6. The van der Waals surface area contributed by atoms with Crippen molar-refractivity contribution in [1.82, 2.24) is 25.3 Å². The van der Waals surface area contributed by atoms with Crippen molar-refractivity contribution in [1.29, 1.82) is 0 Å². The third kappa shape index (κ3) is 6.29. The molecular formula is C32H52FN5O4. The highest BCUT2D eigenvalue weighted by Gasteiger charge is 2.60. The van der Waals surface area contributed by atoms with Crippen molar-refractivity contribution in [3.8, 4) is 0 Å². The maximum atomic E-state index is 16.1. The molecule has 3 aliphatic heterocycles. The number of carbonyl (C=O) groups is 2. The van der Waals surface area contributed by atoms with Crippen LogP contribution >= 0.6 is 0 Å². The fraction of sp³-hybridized carbons (Fsp3) is 0.875. The number of unbranched alkanes of at least 4 members (excludes halogenated alkanes) is 1. The Bertz CT molecular complexity index is 990. The number of alkyl halides is 1. The highest BCUT2D eigenvalue weighted by atomic mass is 19.1. The van der Waals surface area contributed by atoms with Crippen molar-refractivity contribution >= 4 is 11.7 Å². The van der Waals surface area contributed by atoms with Gasteiger partial charge in [-0.15, -0.1) is 0 Å². The van der Waals surface area contributed by atoms with Crippen molar-refractivity contribution in [3.05, 3.63) is 11.8 Å². The molecule has 9 atom stereocenters. The molecule has 9 nitrogen and oxygen atoms in total. The number of fused-ring (bicyclic) bond motifs is 4. The van der Waals surface area contributed by atoms with E-state index in [1.54, 1.807) is 0 Å². The minimum atomic E-state index is -1.21. The number of ketones is 1. The monoisotopic (exact) mass is 589 g/mol. The van der Waals surface area contributed by atoms with Crippen molar-refractivity contribution in [3.63, 3.8) is 0 Å². The van der Waals surface area contributed by atoms with E-state index in [0.717, 1.165) is 71.5 Å². The van der Waals surface area contributed by atoms with Gasteiger partial charge in [0, 0.05) is 44.8 Å². The molecule has 0 aromatic heterocycles. The summed E-state index contributed by atoms with van der Waals surface area (Å²) in [7, 11) is 4.08. The molecule has 2 N–H and O–H groups in total. The fourth-order valence-corrected chi connectivity index (χ4v) is 8.83. The normalized spacial score (nSPS) is 38.4. The van der Waals surface area contributed by atoms with E-state index in [2.05, 4.69) is 25.3 Å². The van der Waals surface area contributed by atoms with Crippen molar-refractivity contribution in [2.24, 2.45) is 17.8 Å². The average molecular weight is 590 g/mol. The van der Waals surface area contributed by atoms with Crippen LogP contribution in [0.4, 0.5) is 4.39 Å². The lowest BCUT2D eigenvalue weighted by molar-refractivity contribution is -0.220. The molecule has 10 heteroatoms. The first-order valence-electron chi connectivity index (χ1n) is 16.7. The van der Waals surface area contributed by atoms with E-state index < -0.39 is 24.2 Å². The highest BCUT2D eigenvalue weighted by Crippen LogP contribution is 2.50. The molecule has 6 aliphatic rings. The molecule has 1 amide bonds. The predicted molar refractivity (Wildman–Crippen MR) is 159 cm³/mol. The van der Waals surface area contributed by atoms with Crippen LogP contribution in [-0.2, 0) is 19.1 Å². The number of halogens is 1. The molecule has 0 radical (unpaired) electrons. The highest BCUT2D eigenvalue weighted by molar-refractivity contribution is 6.20. The summed E-state index contributed by atoms with van der Waals surface area (Å²) in [4.78, 5) is 34.0. The first kappa shape index (κ1) is 30.4. The van der Waals surface area contributed by atoms with Gasteiger partial charge < -0.3 is 29.9 Å². The largest absolute Gasteiger partial charge is 0.379 e. The minimum Gasteiger partial charge on any atom is -0.379 e. The van der Waals surface area contributed by atoms with Crippen LogP contribution in [0.15, 0.2) is 11.8 Å². The van der Waals surface area contributed by atoms with Crippen LogP contribution in [0, 0.1) is 17.8 Å². The van der Waals surface area contributed by atoms with Crippen molar-refractivity contribution in [2.45, 2.75) is 94.3 Å². The third-order valence-electron chi connectivity index (χ3n) is 11.0. The molecule has 0 spiro atoms. The van der Waals surface area contributed by atoms with Crippen LogP contribution in [0.5, 0.6) is 0 Å². The van der Waals surface area contributed by atoms with E-state index in [0.29, 0.717) is 24.9 Å². The topological polar surface area (TPSA) is 86.4 Å². The van der Waals surface area contributed by atoms with Crippen LogP contribution < -0.4 is 10.6 Å². The lowest BCUT2D eigenvalue weighted by atomic mass is 9.64. The molecule has 2 saturated heterocycles. The van der Waals surface area contributed by atoms with E-state index in [1.807, 2.05) is 20.3 Å². The van der Waals surface area contributed by atoms with Crippen LogP contribution in [0.2, 0.25) is 0 Å². The van der Waals surface area contributed by atoms with Crippen molar-refractivity contribution in [2.75, 3.05) is 66.6 Å². The molecule has 3 heterocycles. The van der Waals surface area contributed by atoms with Gasteiger partial charge >= 0.3 is 0 Å². The molecule has 5 fully saturated rings. The Morgan fingerprint density at radius 2 is 1.88 bits per heavy atom. The van der Waals surface area contributed by atoms with Gasteiger partial charge in [-0.05, 0) is 71.0 Å². The second-order valence-corrected chi connectivity index (χ2v) is 13.8. The number of rotatable bonds is 10. The van der Waals surface area contributed by atoms with E-state index in [9.17, 15) is 9.59 Å². The number of hydrogen-bond acceptors (Lipinski definition) is 8. The van der Waals surface area contributed by atoms with Crippen LogP contribution in [0.3, 0.4) is 0 Å². The number of morpholine rings is 2. The first-order valence-corrected chi connectivity index (χ1v) is 16.7. The molecule has 6 rings (SSSR count). The van der Waals surface area contributed by atoms with Crippen LogP contribution in [0.1, 0.15) is 57.8 Å². The molecule has 0 bridgehead atoms. The quantitative estimate of drug-likeness (QED) is 0.296. The number of hydrogen-bond donors (Lipinski definition) is 2. The Morgan fingerprint density at radius 1 is 1.07 bits per heavy atom. The number of carbonyl (C=O) groups excluding carboxylic acids is 2. The van der Waals surface area contributed by atoms with Gasteiger partial charge in [-0.25, -0.2) is 4.39 Å². The summed E-state index contributed by atoms with van der Waals surface area (Å²) < 4.78 is 28.6. The zero-order chi connectivity index (χ0) is 29.2.